The zero-order valence-electron chi connectivity index (χ0n) is 13.8. The molecule has 3 rings (SSSR count). The van der Waals surface area contributed by atoms with Crippen molar-refractivity contribution in [3.8, 4) is 0 Å². The van der Waals surface area contributed by atoms with Crippen LogP contribution in [-0.2, 0) is 11.2 Å². The first kappa shape index (κ1) is 15.3. The van der Waals surface area contributed by atoms with Gasteiger partial charge in [-0.3, -0.25) is 4.98 Å². The van der Waals surface area contributed by atoms with E-state index in [1.165, 1.54) is 18.4 Å². The summed E-state index contributed by atoms with van der Waals surface area (Å²) in [5.41, 5.74) is 1.47. The SMILES string of the molecule is CC(C)(C)OC(=O)NC1CC2(CC(Cc3ccncc3)C2)C1. The van der Waals surface area contributed by atoms with Gasteiger partial charge in [0.1, 0.15) is 5.60 Å². The van der Waals surface area contributed by atoms with Crippen LogP contribution in [0, 0.1) is 11.3 Å². The van der Waals surface area contributed by atoms with Crippen molar-refractivity contribution in [2.24, 2.45) is 11.3 Å². The number of carbonyl (C=O) groups excluding carboxylic acids is 1. The van der Waals surface area contributed by atoms with Crippen LogP contribution in [0.5, 0.6) is 0 Å². The molecular formula is C18H26N2O2. The molecule has 0 radical (unpaired) electrons. The molecule has 0 unspecified atom stereocenters. The van der Waals surface area contributed by atoms with Gasteiger partial charge in [-0.15, -0.1) is 0 Å². The van der Waals surface area contributed by atoms with E-state index in [0.717, 1.165) is 25.2 Å². The van der Waals surface area contributed by atoms with Crippen molar-refractivity contribution in [2.75, 3.05) is 0 Å². The lowest BCUT2D eigenvalue weighted by atomic mass is 9.49. The lowest BCUT2D eigenvalue weighted by Crippen LogP contribution is -2.56. The van der Waals surface area contributed by atoms with Crippen LogP contribution in [0.4, 0.5) is 4.79 Å². The molecule has 2 aliphatic carbocycles. The van der Waals surface area contributed by atoms with E-state index in [1.807, 2.05) is 33.2 Å². The van der Waals surface area contributed by atoms with E-state index in [2.05, 4.69) is 22.4 Å². The van der Waals surface area contributed by atoms with Crippen molar-refractivity contribution in [3.05, 3.63) is 30.1 Å². The summed E-state index contributed by atoms with van der Waals surface area (Å²) in [4.78, 5) is 15.8. The van der Waals surface area contributed by atoms with Gasteiger partial charge in [-0.1, -0.05) is 0 Å². The Morgan fingerprint density at radius 2 is 1.91 bits per heavy atom. The molecule has 1 N–H and O–H groups in total. The fourth-order valence-electron chi connectivity index (χ4n) is 4.06. The van der Waals surface area contributed by atoms with Crippen LogP contribution < -0.4 is 5.32 Å². The number of amides is 1. The van der Waals surface area contributed by atoms with Gasteiger partial charge in [-0.2, -0.15) is 0 Å². The van der Waals surface area contributed by atoms with E-state index >= 15 is 0 Å². The van der Waals surface area contributed by atoms with Gasteiger partial charge in [-0.05, 0) is 81.9 Å². The molecule has 2 saturated carbocycles. The normalized spacial score (nSPS) is 30.3. The van der Waals surface area contributed by atoms with Crippen molar-refractivity contribution < 1.29 is 9.53 Å². The van der Waals surface area contributed by atoms with Gasteiger partial charge < -0.3 is 10.1 Å². The largest absolute Gasteiger partial charge is 0.444 e. The third kappa shape index (κ3) is 3.60. The monoisotopic (exact) mass is 302 g/mol. The number of ether oxygens (including phenoxy) is 1. The second-order valence-electron chi connectivity index (χ2n) is 8.09. The lowest BCUT2D eigenvalue weighted by Gasteiger charge is -2.58. The van der Waals surface area contributed by atoms with Crippen molar-refractivity contribution in [1.29, 1.82) is 0 Å². The van der Waals surface area contributed by atoms with E-state index in [9.17, 15) is 4.79 Å². The van der Waals surface area contributed by atoms with Gasteiger partial charge in [0.05, 0.1) is 0 Å². The molecule has 1 aromatic heterocycles. The number of aromatic nitrogens is 1. The molecule has 0 aliphatic heterocycles. The zero-order valence-corrected chi connectivity index (χ0v) is 13.8. The predicted molar refractivity (Wildman–Crippen MR) is 85.5 cm³/mol. The van der Waals surface area contributed by atoms with E-state index in [1.54, 1.807) is 0 Å². The Bertz CT molecular complexity index is 522. The van der Waals surface area contributed by atoms with Crippen LogP contribution in [0.25, 0.3) is 0 Å². The Balaban J connectivity index is 1.37. The van der Waals surface area contributed by atoms with Crippen molar-refractivity contribution >= 4 is 6.09 Å². The van der Waals surface area contributed by atoms with Gasteiger partial charge in [-0.25, -0.2) is 4.79 Å². The summed E-state index contributed by atoms with van der Waals surface area (Å²) >= 11 is 0. The second-order valence-corrected chi connectivity index (χ2v) is 8.09. The Kier molecular flexibility index (Phi) is 3.87. The maximum atomic E-state index is 11.7. The number of rotatable bonds is 3. The molecule has 22 heavy (non-hydrogen) atoms. The maximum absolute atomic E-state index is 11.7. The van der Waals surface area contributed by atoms with E-state index in [0.29, 0.717) is 11.5 Å². The number of carbonyl (C=O) groups is 1. The molecule has 1 aromatic rings. The molecule has 0 bridgehead atoms. The third-order valence-electron chi connectivity index (χ3n) is 4.80. The molecule has 1 heterocycles. The summed E-state index contributed by atoms with van der Waals surface area (Å²) in [6, 6.07) is 4.52. The molecule has 0 saturated heterocycles. The molecule has 2 fully saturated rings. The van der Waals surface area contributed by atoms with E-state index in [4.69, 9.17) is 4.74 Å². The smallest absolute Gasteiger partial charge is 0.407 e. The summed E-state index contributed by atoms with van der Waals surface area (Å²) in [5, 5.41) is 2.99. The molecule has 4 heteroatoms. The van der Waals surface area contributed by atoms with Crippen LogP contribution in [0.3, 0.4) is 0 Å². The average molecular weight is 302 g/mol. The Hall–Kier alpha value is -1.58. The highest BCUT2D eigenvalue weighted by molar-refractivity contribution is 5.68. The molecule has 4 nitrogen and oxygen atoms in total. The van der Waals surface area contributed by atoms with Crippen molar-refractivity contribution in [1.82, 2.24) is 10.3 Å². The van der Waals surface area contributed by atoms with Gasteiger partial charge in [0.15, 0.2) is 0 Å². The van der Waals surface area contributed by atoms with Gasteiger partial charge >= 0.3 is 6.09 Å². The van der Waals surface area contributed by atoms with Crippen molar-refractivity contribution in [3.63, 3.8) is 0 Å². The van der Waals surface area contributed by atoms with Gasteiger partial charge in [0, 0.05) is 18.4 Å². The molecule has 0 aromatic carbocycles. The Labute approximate surface area is 132 Å². The van der Waals surface area contributed by atoms with Crippen molar-refractivity contribution in [2.45, 2.75) is 64.5 Å². The van der Waals surface area contributed by atoms with Gasteiger partial charge in [0.2, 0.25) is 0 Å². The first-order chi connectivity index (χ1) is 10.3. The standard InChI is InChI=1S/C18H26N2O2/c1-17(2,3)22-16(21)20-15-11-18(12-15)9-14(10-18)8-13-4-6-19-7-5-13/h4-7,14-15H,8-12H2,1-3H3,(H,20,21). The number of hydrogen-bond acceptors (Lipinski definition) is 3. The number of nitrogens with one attached hydrogen (secondary N) is 1. The fraction of sp³-hybridized carbons (Fsp3) is 0.667. The molecule has 1 amide bonds. The van der Waals surface area contributed by atoms with E-state index < -0.39 is 5.60 Å². The predicted octanol–water partition coefficient (Wildman–Crippen LogP) is 3.71. The number of nitrogens with zero attached hydrogens (tertiary/aromatic N) is 1. The molecular weight excluding hydrogens is 276 g/mol. The number of hydrogen-bond donors (Lipinski definition) is 1. The maximum Gasteiger partial charge on any atom is 0.407 e. The summed E-state index contributed by atoms with van der Waals surface area (Å²) in [7, 11) is 0. The highest BCUT2D eigenvalue weighted by Crippen LogP contribution is 2.59. The Morgan fingerprint density at radius 1 is 1.27 bits per heavy atom. The summed E-state index contributed by atoms with van der Waals surface area (Å²) in [5.74, 6) is 0.796. The van der Waals surface area contributed by atoms with Gasteiger partial charge in [0.25, 0.3) is 0 Å². The number of pyridine rings is 1. The highest BCUT2D eigenvalue weighted by atomic mass is 16.6. The second kappa shape index (κ2) is 5.56. The van der Waals surface area contributed by atoms with E-state index in [-0.39, 0.29) is 6.09 Å². The first-order valence-corrected chi connectivity index (χ1v) is 8.22. The molecule has 2 aliphatic rings. The topological polar surface area (TPSA) is 51.2 Å². The van der Waals surface area contributed by atoms with Crippen LogP contribution in [-0.4, -0.2) is 22.7 Å². The highest BCUT2D eigenvalue weighted by Gasteiger charge is 2.52. The summed E-state index contributed by atoms with van der Waals surface area (Å²) in [6.07, 6.45) is 9.43. The average Bonchev–Trinajstić information content (AvgIpc) is 2.32. The quantitative estimate of drug-likeness (QED) is 0.926. The lowest BCUT2D eigenvalue weighted by molar-refractivity contribution is -0.0505. The van der Waals surface area contributed by atoms with Crippen LogP contribution >= 0.6 is 0 Å². The molecule has 1 spiro atoms. The van der Waals surface area contributed by atoms with Crippen LogP contribution in [0.1, 0.15) is 52.0 Å². The molecule has 120 valence electrons. The number of alkyl carbamates (subject to hydrolysis) is 1. The minimum Gasteiger partial charge on any atom is -0.444 e. The summed E-state index contributed by atoms with van der Waals surface area (Å²) in [6.45, 7) is 5.68. The first-order valence-electron chi connectivity index (χ1n) is 8.22. The van der Waals surface area contributed by atoms with Crippen LogP contribution in [0.2, 0.25) is 0 Å². The minimum absolute atomic E-state index is 0.278. The molecule has 0 atom stereocenters. The van der Waals surface area contributed by atoms with Crippen LogP contribution in [0.15, 0.2) is 24.5 Å². The minimum atomic E-state index is -0.419. The fourth-order valence-corrected chi connectivity index (χ4v) is 4.06. The third-order valence-corrected chi connectivity index (χ3v) is 4.80. The zero-order chi connectivity index (χ0) is 15.8. The summed E-state index contributed by atoms with van der Waals surface area (Å²) < 4.78 is 5.31. The Morgan fingerprint density at radius 3 is 2.50 bits per heavy atom.